The second kappa shape index (κ2) is 10.4. The van der Waals surface area contributed by atoms with Crippen LogP contribution < -0.4 is 5.32 Å². The molecule has 170 valence electrons. The molecule has 5 heteroatoms. The lowest BCUT2D eigenvalue weighted by molar-refractivity contribution is -0.000876. The first kappa shape index (κ1) is 22.0. The number of benzene rings is 2. The summed E-state index contributed by atoms with van der Waals surface area (Å²) in [5, 5.41) is 6.72. The van der Waals surface area contributed by atoms with Gasteiger partial charge in [0, 0.05) is 29.7 Å². The molecule has 2 heterocycles. The van der Waals surface area contributed by atoms with E-state index < -0.39 is 0 Å². The minimum absolute atomic E-state index is 0.355. The molecule has 0 spiro atoms. The molecule has 1 unspecified atom stereocenters. The standard InChI is InChI=1S/C27H34N2O2S/c1-2-26-25(29-27(31-26)22-12-11-20-7-3-4-8-21(20)15-22)17-30-23-9-5-6-19(14-23)10-13-24-16-28-18-32-24/h3-4,7-8,11-12,15,19,23-24,28H,2,5-6,9-10,13-14,16-18H2,1H3/t19-,23-,24?/m0/s1. The van der Waals surface area contributed by atoms with Crippen molar-refractivity contribution >= 4 is 22.5 Å². The lowest BCUT2D eigenvalue weighted by Crippen LogP contribution is -2.24. The second-order valence-electron chi connectivity index (χ2n) is 9.23. The number of nitrogens with one attached hydrogen (secondary N) is 1. The van der Waals surface area contributed by atoms with Gasteiger partial charge in [-0.25, -0.2) is 4.98 Å². The van der Waals surface area contributed by atoms with Crippen LogP contribution in [0.1, 0.15) is 56.9 Å². The molecule has 32 heavy (non-hydrogen) atoms. The van der Waals surface area contributed by atoms with E-state index in [1.165, 1.54) is 55.8 Å². The average Bonchev–Trinajstić information content (AvgIpc) is 3.51. The molecule has 4 nitrogen and oxygen atoms in total. The Morgan fingerprint density at radius 1 is 1.12 bits per heavy atom. The summed E-state index contributed by atoms with van der Waals surface area (Å²) in [5.74, 6) is 3.59. The van der Waals surface area contributed by atoms with Crippen LogP contribution in [-0.4, -0.2) is 28.8 Å². The van der Waals surface area contributed by atoms with Gasteiger partial charge in [-0.2, -0.15) is 0 Å². The predicted octanol–water partition coefficient (Wildman–Crippen LogP) is 6.58. The van der Waals surface area contributed by atoms with Crippen molar-refractivity contribution < 1.29 is 9.15 Å². The van der Waals surface area contributed by atoms with Crippen LogP contribution in [0.25, 0.3) is 22.2 Å². The Kier molecular flexibility index (Phi) is 7.16. The van der Waals surface area contributed by atoms with Crippen LogP contribution >= 0.6 is 11.8 Å². The first-order chi connectivity index (χ1) is 15.8. The van der Waals surface area contributed by atoms with Gasteiger partial charge < -0.3 is 14.5 Å². The predicted molar refractivity (Wildman–Crippen MR) is 133 cm³/mol. The van der Waals surface area contributed by atoms with E-state index in [1.54, 1.807) is 0 Å². The molecule has 1 N–H and O–H groups in total. The minimum Gasteiger partial charge on any atom is -0.441 e. The fourth-order valence-electron chi connectivity index (χ4n) is 5.13. The van der Waals surface area contributed by atoms with E-state index in [0.717, 1.165) is 40.5 Å². The molecule has 0 bridgehead atoms. The average molecular weight is 451 g/mol. The van der Waals surface area contributed by atoms with Crippen LogP contribution in [0, 0.1) is 5.92 Å². The number of thioether (sulfide) groups is 1. The van der Waals surface area contributed by atoms with Gasteiger partial charge in [0.25, 0.3) is 0 Å². The topological polar surface area (TPSA) is 47.3 Å². The van der Waals surface area contributed by atoms with Gasteiger partial charge in [0.15, 0.2) is 0 Å². The van der Waals surface area contributed by atoms with Gasteiger partial charge in [0.05, 0.1) is 12.7 Å². The second-order valence-corrected chi connectivity index (χ2v) is 10.5. The van der Waals surface area contributed by atoms with Crippen LogP contribution in [0.4, 0.5) is 0 Å². The largest absolute Gasteiger partial charge is 0.441 e. The van der Waals surface area contributed by atoms with Gasteiger partial charge >= 0.3 is 0 Å². The van der Waals surface area contributed by atoms with Crippen LogP contribution in [-0.2, 0) is 17.8 Å². The quantitative estimate of drug-likeness (QED) is 0.420. The summed E-state index contributed by atoms with van der Waals surface area (Å²) in [5.41, 5.74) is 1.99. The van der Waals surface area contributed by atoms with Crippen LogP contribution in [0.15, 0.2) is 46.9 Å². The molecule has 2 aliphatic rings. The molecule has 0 amide bonds. The van der Waals surface area contributed by atoms with Gasteiger partial charge in [-0.3, -0.25) is 0 Å². The fraction of sp³-hybridized carbons (Fsp3) is 0.519. The summed E-state index contributed by atoms with van der Waals surface area (Å²) >= 11 is 2.08. The molecule has 3 aromatic rings. The molecule has 2 aromatic carbocycles. The molecule has 1 saturated heterocycles. The number of rotatable bonds is 8. The summed E-state index contributed by atoms with van der Waals surface area (Å²) < 4.78 is 12.5. The third-order valence-electron chi connectivity index (χ3n) is 6.98. The molecule has 0 radical (unpaired) electrons. The number of aromatic nitrogens is 1. The Morgan fingerprint density at radius 3 is 2.88 bits per heavy atom. The Balaban J connectivity index is 1.20. The maximum atomic E-state index is 6.39. The molecule has 3 atom stereocenters. The van der Waals surface area contributed by atoms with Crippen LogP contribution in [0.3, 0.4) is 0 Å². The first-order valence-electron chi connectivity index (χ1n) is 12.2. The number of aryl methyl sites for hydroxylation is 1. The Labute approximate surface area is 195 Å². The number of hydrogen-bond acceptors (Lipinski definition) is 5. The zero-order chi connectivity index (χ0) is 21.8. The fourth-order valence-corrected chi connectivity index (χ4v) is 6.14. The van der Waals surface area contributed by atoms with Crippen molar-refractivity contribution in [2.24, 2.45) is 5.92 Å². The Hall–Kier alpha value is -1.82. The lowest BCUT2D eigenvalue weighted by atomic mass is 9.84. The highest BCUT2D eigenvalue weighted by Crippen LogP contribution is 2.33. The third kappa shape index (κ3) is 5.22. The monoisotopic (exact) mass is 450 g/mol. The third-order valence-corrected chi connectivity index (χ3v) is 8.22. The zero-order valence-electron chi connectivity index (χ0n) is 19.0. The first-order valence-corrected chi connectivity index (χ1v) is 13.2. The van der Waals surface area contributed by atoms with Crippen LogP contribution in [0.5, 0.6) is 0 Å². The summed E-state index contributed by atoms with van der Waals surface area (Å²) in [6, 6.07) is 14.8. The van der Waals surface area contributed by atoms with Gasteiger partial charge in [-0.05, 0) is 54.5 Å². The molecule has 5 rings (SSSR count). The van der Waals surface area contributed by atoms with E-state index in [1.807, 2.05) is 0 Å². The smallest absolute Gasteiger partial charge is 0.226 e. The highest BCUT2D eigenvalue weighted by Gasteiger charge is 2.25. The summed E-state index contributed by atoms with van der Waals surface area (Å²) in [7, 11) is 0. The highest BCUT2D eigenvalue weighted by molar-refractivity contribution is 8.00. The minimum atomic E-state index is 0.355. The molecule has 1 saturated carbocycles. The molecule has 2 fully saturated rings. The van der Waals surface area contributed by atoms with Gasteiger partial charge in [0.2, 0.25) is 5.89 Å². The SMILES string of the molecule is CCc1oc(-c2ccc3ccccc3c2)nc1CO[C@H]1CCC[C@@H](CCC2CNCS2)C1. The van der Waals surface area contributed by atoms with E-state index in [4.69, 9.17) is 14.1 Å². The number of fused-ring (bicyclic) bond motifs is 1. The number of nitrogens with zero attached hydrogens (tertiary/aromatic N) is 1. The molecule has 1 aliphatic heterocycles. The molecular formula is C27H34N2O2S. The molecule has 1 aromatic heterocycles. The lowest BCUT2D eigenvalue weighted by Gasteiger charge is -2.29. The van der Waals surface area contributed by atoms with Crippen molar-refractivity contribution in [3.63, 3.8) is 0 Å². The molecule has 1 aliphatic carbocycles. The van der Waals surface area contributed by atoms with Crippen molar-refractivity contribution in [2.45, 2.75) is 69.8 Å². The van der Waals surface area contributed by atoms with E-state index >= 15 is 0 Å². The zero-order valence-corrected chi connectivity index (χ0v) is 19.8. The van der Waals surface area contributed by atoms with E-state index in [9.17, 15) is 0 Å². The number of ether oxygens (including phenoxy) is 1. The van der Waals surface area contributed by atoms with E-state index in [0.29, 0.717) is 18.6 Å². The Morgan fingerprint density at radius 2 is 2.03 bits per heavy atom. The Bertz CT molecular complexity index is 1030. The summed E-state index contributed by atoms with van der Waals surface area (Å²) in [6.45, 7) is 3.86. The number of oxazole rings is 1. The normalized spacial score (nSPS) is 23.7. The van der Waals surface area contributed by atoms with Crippen molar-refractivity contribution in [3.05, 3.63) is 53.9 Å². The number of hydrogen-bond donors (Lipinski definition) is 1. The van der Waals surface area contributed by atoms with Gasteiger partial charge in [-0.15, -0.1) is 11.8 Å². The highest BCUT2D eigenvalue weighted by atomic mass is 32.2. The van der Waals surface area contributed by atoms with Crippen LogP contribution in [0.2, 0.25) is 0 Å². The summed E-state index contributed by atoms with van der Waals surface area (Å²) in [6.07, 6.45) is 8.89. The van der Waals surface area contributed by atoms with E-state index in [-0.39, 0.29) is 0 Å². The van der Waals surface area contributed by atoms with Crippen molar-refractivity contribution in [2.75, 3.05) is 12.4 Å². The van der Waals surface area contributed by atoms with E-state index in [2.05, 4.69) is 66.5 Å². The maximum Gasteiger partial charge on any atom is 0.226 e. The molecular weight excluding hydrogens is 416 g/mol. The van der Waals surface area contributed by atoms with Gasteiger partial charge in [-0.1, -0.05) is 50.1 Å². The summed E-state index contributed by atoms with van der Waals surface area (Å²) in [4.78, 5) is 4.85. The van der Waals surface area contributed by atoms with Gasteiger partial charge in [0.1, 0.15) is 11.5 Å². The maximum absolute atomic E-state index is 6.39. The van der Waals surface area contributed by atoms with Crippen molar-refractivity contribution in [1.82, 2.24) is 10.3 Å². The van der Waals surface area contributed by atoms with Crippen molar-refractivity contribution in [1.29, 1.82) is 0 Å². The van der Waals surface area contributed by atoms with Crippen molar-refractivity contribution in [3.8, 4) is 11.5 Å².